The lowest BCUT2D eigenvalue weighted by Gasteiger charge is -2.27. The van der Waals surface area contributed by atoms with E-state index in [4.69, 9.17) is 14.9 Å². The van der Waals surface area contributed by atoms with Gasteiger partial charge in [0, 0.05) is 13.1 Å². The third-order valence-electron chi connectivity index (χ3n) is 2.79. The largest absolute Gasteiger partial charge is 0.443 e. The van der Waals surface area contributed by atoms with Gasteiger partial charge < -0.3 is 19.8 Å². The summed E-state index contributed by atoms with van der Waals surface area (Å²) in [5.74, 6) is -0.124. The minimum absolute atomic E-state index is 0.00146. The quantitative estimate of drug-likeness (QED) is 0.899. The van der Waals surface area contributed by atoms with E-state index in [1.807, 2.05) is 0 Å². The molecule has 0 bridgehead atoms. The van der Waals surface area contributed by atoms with E-state index in [0.29, 0.717) is 42.6 Å². The van der Waals surface area contributed by atoms with Gasteiger partial charge in [0.25, 0.3) is 5.89 Å². The first kappa shape index (κ1) is 14.1. The van der Waals surface area contributed by atoms with Crippen LogP contribution in [0.3, 0.4) is 0 Å². The summed E-state index contributed by atoms with van der Waals surface area (Å²) >= 11 is 0.543. The van der Waals surface area contributed by atoms with Crippen LogP contribution in [0.2, 0.25) is 0 Å². The van der Waals surface area contributed by atoms with E-state index in [-0.39, 0.29) is 17.6 Å². The summed E-state index contributed by atoms with van der Waals surface area (Å²) in [6.45, 7) is 1.81. The highest BCUT2D eigenvalue weighted by Gasteiger charge is 2.38. The molecule has 0 saturated carbocycles. The molecule has 0 atom stereocenters. The molecule has 11 heteroatoms. The van der Waals surface area contributed by atoms with Crippen molar-refractivity contribution < 1.29 is 22.3 Å². The van der Waals surface area contributed by atoms with Gasteiger partial charge in [0.1, 0.15) is 5.00 Å². The molecule has 1 fully saturated rings. The minimum Gasteiger partial charge on any atom is -0.402 e. The molecule has 1 aliphatic heterocycles. The third kappa shape index (κ3) is 2.78. The fourth-order valence-corrected chi connectivity index (χ4v) is 2.86. The summed E-state index contributed by atoms with van der Waals surface area (Å²) in [5, 5.41) is 6.43. The minimum atomic E-state index is -4.53. The van der Waals surface area contributed by atoms with E-state index in [0.717, 1.165) is 0 Å². The number of nitrogens with zero attached hydrogens (tertiary/aromatic N) is 4. The van der Waals surface area contributed by atoms with Gasteiger partial charge >= 0.3 is 12.2 Å². The van der Waals surface area contributed by atoms with E-state index in [1.54, 1.807) is 4.90 Å². The van der Waals surface area contributed by atoms with Crippen molar-refractivity contribution >= 4 is 22.4 Å². The van der Waals surface area contributed by atoms with Crippen molar-refractivity contribution in [2.45, 2.75) is 6.18 Å². The second-order valence-electron chi connectivity index (χ2n) is 4.22. The number of hydrogen-bond donors (Lipinski definition) is 1. The third-order valence-corrected chi connectivity index (χ3v) is 3.95. The molecule has 2 aromatic heterocycles. The molecular formula is C10H10F3N5O2S. The van der Waals surface area contributed by atoms with Crippen molar-refractivity contribution in [3.05, 3.63) is 5.01 Å². The highest BCUT2D eigenvalue weighted by Crippen LogP contribution is 2.42. The lowest BCUT2D eigenvalue weighted by molar-refractivity contribution is -0.137. The van der Waals surface area contributed by atoms with Gasteiger partial charge in [-0.2, -0.15) is 13.2 Å². The van der Waals surface area contributed by atoms with Crippen molar-refractivity contribution in [2.75, 3.05) is 36.9 Å². The Morgan fingerprint density at radius 2 is 1.90 bits per heavy atom. The Morgan fingerprint density at radius 1 is 1.19 bits per heavy atom. The average Bonchev–Trinajstić information content (AvgIpc) is 3.05. The number of halogens is 3. The molecule has 2 N–H and O–H groups in total. The molecule has 0 radical (unpaired) electrons. The van der Waals surface area contributed by atoms with Crippen molar-refractivity contribution in [1.82, 2.24) is 15.2 Å². The van der Waals surface area contributed by atoms with Gasteiger partial charge in [-0.15, -0.1) is 5.10 Å². The smallest absolute Gasteiger partial charge is 0.402 e. The lowest BCUT2D eigenvalue weighted by Crippen LogP contribution is -2.36. The molecular weight excluding hydrogens is 311 g/mol. The van der Waals surface area contributed by atoms with Crippen molar-refractivity contribution in [3.63, 3.8) is 0 Å². The number of nitrogens with two attached hydrogens (primary N) is 1. The van der Waals surface area contributed by atoms with Crippen LogP contribution in [0, 0.1) is 0 Å². The van der Waals surface area contributed by atoms with E-state index >= 15 is 0 Å². The SMILES string of the molecule is Nc1nnc(-c2nc(C(F)(F)F)sc2N2CCOCC2)o1. The van der Waals surface area contributed by atoms with Gasteiger partial charge in [0.15, 0.2) is 5.69 Å². The number of hydrogen-bond acceptors (Lipinski definition) is 8. The number of rotatable bonds is 2. The zero-order valence-electron chi connectivity index (χ0n) is 10.6. The predicted octanol–water partition coefficient (Wildman–Crippen LogP) is 1.63. The Bertz CT molecular complexity index is 635. The molecule has 1 aliphatic rings. The van der Waals surface area contributed by atoms with Gasteiger partial charge in [-0.25, -0.2) is 4.98 Å². The van der Waals surface area contributed by atoms with Gasteiger partial charge in [0.05, 0.1) is 13.2 Å². The van der Waals surface area contributed by atoms with Crippen LogP contribution in [-0.2, 0) is 10.9 Å². The van der Waals surface area contributed by atoms with Crippen LogP contribution in [0.4, 0.5) is 24.2 Å². The van der Waals surface area contributed by atoms with Crippen LogP contribution >= 0.6 is 11.3 Å². The Morgan fingerprint density at radius 3 is 2.48 bits per heavy atom. The lowest BCUT2D eigenvalue weighted by atomic mass is 10.3. The summed E-state index contributed by atoms with van der Waals surface area (Å²) < 4.78 is 48.8. The first-order valence-electron chi connectivity index (χ1n) is 5.95. The molecule has 1 saturated heterocycles. The van der Waals surface area contributed by atoms with Gasteiger partial charge in [-0.3, -0.25) is 0 Å². The second kappa shape index (κ2) is 5.15. The number of ether oxygens (including phenoxy) is 1. The number of anilines is 2. The van der Waals surface area contributed by atoms with Crippen LogP contribution in [0.5, 0.6) is 0 Å². The standard InChI is InChI=1S/C10H10F3N5O2S/c11-10(12,13)8-15-5(6-16-17-9(14)20-6)7(21-8)18-1-3-19-4-2-18/h1-4H2,(H2,14,17). The predicted molar refractivity (Wildman–Crippen MR) is 67.9 cm³/mol. The summed E-state index contributed by atoms with van der Waals surface area (Å²) in [6, 6.07) is -0.223. The number of aromatic nitrogens is 3. The summed E-state index contributed by atoms with van der Waals surface area (Å²) in [7, 11) is 0. The molecule has 0 aromatic carbocycles. The normalized spacial score (nSPS) is 16.4. The number of thiazole rings is 1. The molecule has 21 heavy (non-hydrogen) atoms. The maximum atomic E-state index is 12.9. The van der Waals surface area contributed by atoms with Crippen LogP contribution in [0.15, 0.2) is 4.42 Å². The van der Waals surface area contributed by atoms with Crippen LogP contribution < -0.4 is 10.6 Å². The second-order valence-corrected chi connectivity index (χ2v) is 5.19. The number of alkyl halides is 3. The molecule has 7 nitrogen and oxygen atoms in total. The highest BCUT2D eigenvalue weighted by atomic mass is 32.1. The molecule has 0 unspecified atom stereocenters. The molecule has 0 spiro atoms. The van der Waals surface area contributed by atoms with Crippen molar-refractivity contribution in [2.24, 2.45) is 0 Å². The topological polar surface area (TPSA) is 90.3 Å². The fraction of sp³-hybridized carbons (Fsp3) is 0.500. The Hall–Kier alpha value is -1.88. The average molecular weight is 321 g/mol. The Labute approximate surface area is 120 Å². The van der Waals surface area contributed by atoms with E-state index in [2.05, 4.69) is 15.2 Å². The van der Waals surface area contributed by atoms with E-state index in [9.17, 15) is 13.2 Å². The van der Waals surface area contributed by atoms with Crippen molar-refractivity contribution in [3.8, 4) is 11.6 Å². The van der Waals surface area contributed by atoms with Gasteiger partial charge in [-0.1, -0.05) is 16.4 Å². The summed E-state index contributed by atoms with van der Waals surface area (Å²) in [6.07, 6.45) is -4.53. The Balaban J connectivity index is 2.05. The first-order valence-corrected chi connectivity index (χ1v) is 6.77. The molecule has 0 amide bonds. The van der Waals surface area contributed by atoms with Gasteiger partial charge in [0.2, 0.25) is 5.01 Å². The van der Waals surface area contributed by atoms with E-state index in [1.165, 1.54) is 0 Å². The maximum Gasteiger partial charge on any atom is 0.443 e. The zero-order chi connectivity index (χ0) is 15.0. The maximum absolute atomic E-state index is 12.9. The van der Waals surface area contributed by atoms with Crippen LogP contribution in [-0.4, -0.2) is 41.5 Å². The van der Waals surface area contributed by atoms with Crippen molar-refractivity contribution in [1.29, 1.82) is 0 Å². The Kier molecular flexibility index (Phi) is 3.45. The molecule has 2 aromatic rings. The monoisotopic (exact) mass is 321 g/mol. The molecule has 3 heterocycles. The number of morpholine rings is 1. The molecule has 3 rings (SSSR count). The van der Waals surface area contributed by atoms with Gasteiger partial charge in [-0.05, 0) is 0 Å². The highest BCUT2D eigenvalue weighted by molar-refractivity contribution is 7.16. The summed E-state index contributed by atoms with van der Waals surface area (Å²) in [4.78, 5) is 5.36. The fourth-order valence-electron chi connectivity index (χ4n) is 1.88. The number of nitrogen functional groups attached to an aromatic ring is 1. The molecule has 0 aliphatic carbocycles. The molecule has 114 valence electrons. The van der Waals surface area contributed by atoms with Crippen LogP contribution in [0.25, 0.3) is 11.6 Å². The van der Waals surface area contributed by atoms with E-state index < -0.39 is 11.2 Å². The van der Waals surface area contributed by atoms with Crippen LogP contribution in [0.1, 0.15) is 5.01 Å². The zero-order valence-corrected chi connectivity index (χ0v) is 11.4. The summed E-state index contributed by atoms with van der Waals surface area (Å²) in [5.41, 5.74) is 5.32. The first-order chi connectivity index (χ1) is 9.95.